The van der Waals surface area contributed by atoms with Crippen LogP contribution in [0, 0.1) is 0 Å². The molecule has 0 aromatic heterocycles. The third-order valence-electron chi connectivity index (χ3n) is 4.86. The molecular formula is C19H36O3S. The van der Waals surface area contributed by atoms with Gasteiger partial charge in [0.15, 0.2) is 10.5 Å². The maximum atomic E-state index is 11.2. The first-order chi connectivity index (χ1) is 11.0. The molecule has 2 unspecified atom stereocenters. The van der Waals surface area contributed by atoms with Gasteiger partial charge in [-0.05, 0) is 18.6 Å². The van der Waals surface area contributed by atoms with Crippen molar-refractivity contribution in [1.29, 1.82) is 0 Å². The topological polar surface area (TPSA) is 46.5 Å². The Balaban J connectivity index is 1.98. The molecule has 0 spiro atoms. The van der Waals surface area contributed by atoms with Crippen LogP contribution in [0.4, 0.5) is 0 Å². The van der Waals surface area contributed by atoms with Gasteiger partial charge in [-0.2, -0.15) is 0 Å². The number of thioether (sulfide) groups is 1. The highest BCUT2D eigenvalue weighted by atomic mass is 32.2. The van der Waals surface area contributed by atoms with E-state index in [0.717, 1.165) is 12.2 Å². The van der Waals surface area contributed by atoms with E-state index in [-0.39, 0.29) is 5.97 Å². The van der Waals surface area contributed by atoms with Crippen LogP contribution in [0.25, 0.3) is 0 Å². The molecule has 0 radical (unpaired) electrons. The lowest BCUT2D eigenvalue weighted by Crippen LogP contribution is -2.28. The molecular weight excluding hydrogens is 308 g/mol. The fraction of sp³-hybridized carbons (Fsp3) is 0.947. The van der Waals surface area contributed by atoms with Crippen LogP contribution in [0.5, 0.6) is 0 Å². The Morgan fingerprint density at radius 2 is 1.52 bits per heavy atom. The van der Waals surface area contributed by atoms with Crippen molar-refractivity contribution < 1.29 is 14.6 Å². The number of rotatable bonds is 14. The Morgan fingerprint density at radius 1 is 1.00 bits per heavy atom. The summed E-state index contributed by atoms with van der Waals surface area (Å²) < 4.78 is 5.35. The summed E-state index contributed by atoms with van der Waals surface area (Å²) >= 11 is 1.57. The molecule has 0 aromatic carbocycles. The second kappa shape index (κ2) is 10.6. The average Bonchev–Trinajstić information content (AvgIpc) is 3.08. The molecule has 1 N–H and O–H groups in total. The van der Waals surface area contributed by atoms with Gasteiger partial charge in [-0.15, -0.1) is 11.8 Å². The highest BCUT2D eigenvalue weighted by molar-refractivity contribution is 8.00. The van der Waals surface area contributed by atoms with Crippen molar-refractivity contribution in [2.24, 2.45) is 0 Å². The number of unbranched alkanes of at least 4 members (excludes halogenated alkanes) is 9. The largest absolute Gasteiger partial charge is 0.455 e. The zero-order chi connectivity index (χ0) is 17.2. The Morgan fingerprint density at radius 3 is 2.00 bits per heavy atom. The van der Waals surface area contributed by atoms with Crippen LogP contribution in [-0.2, 0) is 9.53 Å². The number of ether oxygens (including phenoxy) is 1. The van der Waals surface area contributed by atoms with Crippen LogP contribution in [0.15, 0.2) is 0 Å². The Kier molecular flexibility index (Phi) is 9.60. The minimum Gasteiger partial charge on any atom is -0.455 e. The molecule has 1 aliphatic rings. The molecule has 0 saturated heterocycles. The average molecular weight is 345 g/mol. The molecule has 23 heavy (non-hydrogen) atoms. The lowest BCUT2D eigenvalue weighted by Gasteiger charge is -2.19. The zero-order valence-corrected chi connectivity index (χ0v) is 16.2. The van der Waals surface area contributed by atoms with Crippen molar-refractivity contribution in [3.8, 4) is 0 Å². The van der Waals surface area contributed by atoms with Crippen LogP contribution in [-0.4, -0.2) is 27.4 Å². The van der Waals surface area contributed by atoms with Crippen molar-refractivity contribution in [3.05, 3.63) is 0 Å². The van der Waals surface area contributed by atoms with Crippen LogP contribution < -0.4 is 0 Å². The van der Waals surface area contributed by atoms with Crippen molar-refractivity contribution >= 4 is 17.7 Å². The molecule has 136 valence electrons. The predicted octanol–water partition coefficient (Wildman–Crippen LogP) is 5.44. The van der Waals surface area contributed by atoms with Gasteiger partial charge in [-0.1, -0.05) is 71.6 Å². The monoisotopic (exact) mass is 344 g/mol. The van der Waals surface area contributed by atoms with Gasteiger partial charge in [0.2, 0.25) is 0 Å². The highest BCUT2D eigenvalue weighted by Gasteiger charge is 2.69. The maximum absolute atomic E-state index is 11.2. The van der Waals surface area contributed by atoms with E-state index in [4.69, 9.17) is 4.74 Å². The minimum absolute atomic E-state index is 0.290. The standard InChI is InChI=1S/C19H36O3S/c1-4-6-7-8-9-10-11-12-13-14-15-23-19(21)16-18(19,5-2)22-17(3)20/h21H,4-16H2,1-3H3. The van der Waals surface area contributed by atoms with Gasteiger partial charge >= 0.3 is 5.97 Å². The second-order valence-electron chi connectivity index (χ2n) is 6.93. The number of esters is 1. The second-order valence-corrected chi connectivity index (χ2v) is 8.31. The third kappa shape index (κ3) is 7.04. The van der Waals surface area contributed by atoms with Gasteiger partial charge in [0, 0.05) is 13.3 Å². The quantitative estimate of drug-likeness (QED) is 0.259. The van der Waals surface area contributed by atoms with Gasteiger partial charge in [0.1, 0.15) is 0 Å². The van der Waals surface area contributed by atoms with Gasteiger partial charge in [-0.3, -0.25) is 4.79 Å². The van der Waals surface area contributed by atoms with E-state index in [9.17, 15) is 9.90 Å². The SMILES string of the molecule is CCCCCCCCCCCCSC1(O)CC1(CC)OC(C)=O. The summed E-state index contributed by atoms with van der Waals surface area (Å²) in [4.78, 5) is 10.3. The summed E-state index contributed by atoms with van der Waals surface area (Å²) in [5.41, 5.74) is -0.623. The van der Waals surface area contributed by atoms with E-state index >= 15 is 0 Å². The molecule has 0 bridgehead atoms. The molecule has 3 nitrogen and oxygen atoms in total. The molecule has 0 aromatic rings. The molecule has 1 saturated carbocycles. The first-order valence-electron chi connectivity index (χ1n) is 9.55. The normalized spacial score (nSPS) is 26.3. The van der Waals surface area contributed by atoms with Crippen molar-refractivity contribution in [3.63, 3.8) is 0 Å². The molecule has 0 amide bonds. The van der Waals surface area contributed by atoms with E-state index in [1.54, 1.807) is 11.8 Å². The van der Waals surface area contributed by atoms with E-state index in [2.05, 4.69) is 6.92 Å². The Hall–Kier alpha value is -0.220. The summed E-state index contributed by atoms with van der Waals surface area (Å²) in [7, 11) is 0. The van der Waals surface area contributed by atoms with E-state index in [1.807, 2.05) is 6.92 Å². The molecule has 0 heterocycles. The van der Waals surface area contributed by atoms with E-state index in [1.165, 1.54) is 64.7 Å². The summed E-state index contributed by atoms with van der Waals surface area (Å²) in [6.45, 7) is 5.65. The van der Waals surface area contributed by atoms with Crippen LogP contribution in [0.2, 0.25) is 0 Å². The predicted molar refractivity (Wildman–Crippen MR) is 98.7 cm³/mol. The first-order valence-corrected chi connectivity index (χ1v) is 10.5. The summed E-state index contributed by atoms with van der Waals surface area (Å²) in [6, 6.07) is 0. The molecule has 0 aliphatic heterocycles. The van der Waals surface area contributed by atoms with Crippen molar-refractivity contribution in [1.82, 2.24) is 0 Å². The van der Waals surface area contributed by atoms with Crippen molar-refractivity contribution in [2.75, 3.05) is 5.75 Å². The number of hydrogen-bond donors (Lipinski definition) is 1. The number of carbonyl (C=O) groups is 1. The lowest BCUT2D eigenvalue weighted by atomic mass is 10.1. The van der Waals surface area contributed by atoms with E-state index < -0.39 is 10.5 Å². The third-order valence-corrected chi connectivity index (χ3v) is 6.35. The van der Waals surface area contributed by atoms with Gasteiger partial charge in [0.05, 0.1) is 0 Å². The smallest absolute Gasteiger partial charge is 0.303 e. The number of hydrogen-bond acceptors (Lipinski definition) is 4. The maximum Gasteiger partial charge on any atom is 0.303 e. The Labute approximate surface area is 146 Å². The summed E-state index contributed by atoms with van der Waals surface area (Å²) in [5.74, 6) is 0.665. The number of aliphatic hydroxyl groups is 1. The first kappa shape index (κ1) is 20.8. The van der Waals surface area contributed by atoms with Crippen molar-refractivity contribution in [2.45, 2.75) is 108 Å². The fourth-order valence-electron chi connectivity index (χ4n) is 3.22. The highest BCUT2D eigenvalue weighted by Crippen LogP contribution is 2.60. The summed E-state index contributed by atoms with van der Waals surface area (Å²) in [5, 5.41) is 10.5. The molecule has 2 atom stereocenters. The lowest BCUT2D eigenvalue weighted by molar-refractivity contribution is -0.151. The zero-order valence-electron chi connectivity index (χ0n) is 15.4. The number of carbonyl (C=O) groups excluding carboxylic acids is 1. The van der Waals surface area contributed by atoms with Gasteiger partial charge in [-0.25, -0.2) is 0 Å². The van der Waals surface area contributed by atoms with Gasteiger partial charge < -0.3 is 9.84 Å². The molecule has 1 rings (SSSR count). The Bertz CT molecular complexity index is 348. The van der Waals surface area contributed by atoms with Crippen LogP contribution in [0.3, 0.4) is 0 Å². The molecule has 1 fully saturated rings. The fourth-order valence-corrected chi connectivity index (χ4v) is 4.69. The van der Waals surface area contributed by atoms with Crippen LogP contribution >= 0.6 is 11.8 Å². The molecule has 1 aliphatic carbocycles. The molecule has 4 heteroatoms. The van der Waals surface area contributed by atoms with Gasteiger partial charge in [0.25, 0.3) is 0 Å². The van der Waals surface area contributed by atoms with Crippen LogP contribution in [0.1, 0.15) is 97.8 Å². The minimum atomic E-state index is -0.841. The van der Waals surface area contributed by atoms with E-state index in [0.29, 0.717) is 12.8 Å². The summed E-state index contributed by atoms with van der Waals surface area (Å²) in [6.07, 6.45) is 14.5.